The maximum Gasteiger partial charge on any atom is 0.229 e. The SMILES string of the molecule is O=C1CC(NC(=S)Nc2cc(Cl)ccc2Cl)CN1c1ccccc1F. The van der Waals surface area contributed by atoms with E-state index < -0.39 is 5.82 Å². The van der Waals surface area contributed by atoms with Gasteiger partial charge in [0.05, 0.1) is 22.4 Å². The summed E-state index contributed by atoms with van der Waals surface area (Å²) in [6, 6.07) is 11.0. The van der Waals surface area contributed by atoms with Gasteiger partial charge in [0, 0.05) is 18.0 Å². The summed E-state index contributed by atoms with van der Waals surface area (Å²) in [7, 11) is 0. The summed E-state index contributed by atoms with van der Waals surface area (Å²) < 4.78 is 13.9. The quantitative estimate of drug-likeness (QED) is 0.760. The molecule has 8 heteroatoms. The van der Waals surface area contributed by atoms with Gasteiger partial charge in [-0.05, 0) is 42.5 Å². The largest absolute Gasteiger partial charge is 0.357 e. The van der Waals surface area contributed by atoms with Crippen LogP contribution in [0.5, 0.6) is 0 Å². The first-order valence-corrected chi connectivity index (χ1v) is 8.68. The van der Waals surface area contributed by atoms with Crippen LogP contribution >= 0.6 is 35.4 Å². The molecule has 1 fully saturated rings. The summed E-state index contributed by atoms with van der Waals surface area (Å²) in [5, 5.41) is 7.33. The summed E-state index contributed by atoms with van der Waals surface area (Å²) in [4.78, 5) is 13.6. The summed E-state index contributed by atoms with van der Waals surface area (Å²) in [6.07, 6.45) is 0.222. The molecule has 130 valence electrons. The van der Waals surface area contributed by atoms with Crippen LogP contribution in [0.2, 0.25) is 10.0 Å². The minimum absolute atomic E-state index is 0.161. The lowest BCUT2D eigenvalue weighted by molar-refractivity contribution is -0.117. The number of hydrogen-bond acceptors (Lipinski definition) is 2. The van der Waals surface area contributed by atoms with Crippen molar-refractivity contribution >= 4 is 57.8 Å². The van der Waals surface area contributed by atoms with Gasteiger partial charge >= 0.3 is 0 Å². The van der Waals surface area contributed by atoms with Gasteiger partial charge in [-0.25, -0.2) is 4.39 Å². The van der Waals surface area contributed by atoms with Crippen LogP contribution < -0.4 is 15.5 Å². The van der Waals surface area contributed by atoms with Crippen molar-refractivity contribution in [3.05, 3.63) is 58.3 Å². The average Bonchev–Trinajstić information content (AvgIpc) is 2.91. The molecular weight excluding hydrogens is 384 g/mol. The van der Waals surface area contributed by atoms with E-state index in [0.29, 0.717) is 27.4 Å². The predicted molar refractivity (Wildman–Crippen MR) is 103 cm³/mol. The molecule has 1 unspecified atom stereocenters. The number of halogens is 3. The molecule has 25 heavy (non-hydrogen) atoms. The molecule has 1 atom stereocenters. The third-order valence-corrected chi connectivity index (χ3v) is 4.56. The van der Waals surface area contributed by atoms with E-state index in [1.54, 1.807) is 36.4 Å². The smallest absolute Gasteiger partial charge is 0.229 e. The fourth-order valence-corrected chi connectivity index (χ4v) is 3.26. The third-order valence-electron chi connectivity index (χ3n) is 3.78. The van der Waals surface area contributed by atoms with Crippen molar-refractivity contribution in [2.75, 3.05) is 16.8 Å². The molecule has 0 radical (unpaired) electrons. The first-order valence-electron chi connectivity index (χ1n) is 7.51. The molecule has 0 aliphatic carbocycles. The Bertz CT molecular complexity index is 833. The lowest BCUT2D eigenvalue weighted by Crippen LogP contribution is -2.39. The second-order valence-electron chi connectivity index (χ2n) is 5.58. The Morgan fingerprint density at radius 1 is 1.24 bits per heavy atom. The minimum Gasteiger partial charge on any atom is -0.357 e. The van der Waals surface area contributed by atoms with Crippen LogP contribution in [-0.2, 0) is 4.79 Å². The van der Waals surface area contributed by atoms with Crippen LogP contribution in [0.15, 0.2) is 42.5 Å². The van der Waals surface area contributed by atoms with Crippen LogP contribution in [0.25, 0.3) is 0 Å². The predicted octanol–water partition coefficient (Wildman–Crippen LogP) is 4.22. The van der Waals surface area contributed by atoms with E-state index in [1.807, 2.05) is 0 Å². The van der Waals surface area contributed by atoms with Crippen molar-refractivity contribution < 1.29 is 9.18 Å². The molecule has 0 bridgehead atoms. The molecule has 2 N–H and O–H groups in total. The molecule has 1 heterocycles. The van der Waals surface area contributed by atoms with E-state index in [2.05, 4.69) is 10.6 Å². The van der Waals surface area contributed by atoms with Crippen LogP contribution in [0.1, 0.15) is 6.42 Å². The number of nitrogens with zero attached hydrogens (tertiary/aromatic N) is 1. The molecule has 4 nitrogen and oxygen atoms in total. The van der Waals surface area contributed by atoms with Gasteiger partial charge in [-0.1, -0.05) is 35.3 Å². The van der Waals surface area contributed by atoms with E-state index in [1.165, 1.54) is 11.0 Å². The first-order chi connectivity index (χ1) is 11.9. The Labute approximate surface area is 159 Å². The van der Waals surface area contributed by atoms with Crippen molar-refractivity contribution in [3.63, 3.8) is 0 Å². The highest BCUT2D eigenvalue weighted by Gasteiger charge is 2.32. The first kappa shape index (κ1) is 17.9. The summed E-state index contributed by atoms with van der Waals surface area (Å²) in [5.74, 6) is -0.589. The normalized spacial score (nSPS) is 16.8. The number of benzene rings is 2. The van der Waals surface area contributed by atoms with Crippen molar-refractivity contribution in [2.45, 2.75) is 12.5 Å². The van der Waals surface area contributed by atoms with E-state index in [4.69, 9.17) is 35.4 Å². The zero-order valence-electron chi connectivity index (χ0n) is 12.9. The Hall–Kier alpha value is -1.89. The Morgan fingerprint density at radius 3 is 2.76 bits per heavy atom. The van der Waals surface area contributed by atoms with Crippen LogP contribution in [-0.4, -0.2) is 23.6 Å². The monoisotopic (exact) mass is 397 g/mol. The Kier molecular flexibility index (Phi) is 5.42. The maximum atomic E-state index is 13.9. The van der Waals surface area contributed by atoms with E-state index in [9.17, 15) is 9.18 Å². The molecule has 0 aromatic heterocycles. The minimum atomic E-state index is -0.428. The van der Waals surface area contributed by atoms with E-state index >= 15 is 0 Å². The molecule has 1 amide bonds. The number of amides is 1. The number of thiocarbonyl (C=S) groups is 1. The lowest BCUT2D eigenvalue weighted by Gasteiger charge is -2.19. The van der Waals surface area contributed by atoms with Gasteiger partial charge in [-0.15, -0.1) is 0 Å². The van der Waals surface area contributed by atoms with Crippen molar-refractivity contribution in [2.24, 2.45) is 0 Å². The molecule has 1 saturated heterocycles. The standard InChI is InChI=1S/C17H14Cl2FN3OS/c18-10-5-6-12(19)14(7-10)22-17(25)21-11-8-16(24)23(9-11)15-4-2-1-3-13(15)20/h1-7,11H,8-9H2,(H2,21,22,25). The third kappa shape index (κ3) is 4.21. The summed E-state index contributed by atoms with van der Waals surface area (Å²) >= 11 is 17.3. The number of rotatable bonds is 3. The van der Waals surface area contributed by atoms with Gasteiger partial charge < -0.3 is 15.5 Å². The molecule has 2 aromatic carbocycles. The van der Waals surface area contributed by atoms with Gasteiger partial charge in [-0.3, -0.25) is 4.79 Å². The van der Waals surface area contributed by atoms with Gasteiger partial charge in [0.15, 0.2) is 5.11 Å². The number of carbonyl (C=O) groups excluding carboxylic acids is 1. The molecule has 1 aliphatic rings. The highest BCUT2D eigenvalue weighted by atomic mass is 35.5. The molecular formula is C17H14Cl2FN3OS. The molecule has 0 spiro atoms. The zero-order valence-corrected chi connectivity index (χ0v) is 15.3. The summed E-state index contributed by atoms with van der Waals surface area (Å²) in [5.41, 5.74) is 0.843. The maximum absolute atomic E-state index is 13.9. The van der Waals surface area contributed by atoms with Crippen LogP contribution in [0, 0.1) is 5.82 Å². The Morgan fingerprint density at radius 2 is 2.00 bits per heavy atom. The van der Waals surface area contributed by atoms with E-state index in [-0.39, 0.29) is 24.1 Å². The second kappa shape index (κ2) is 7.56. The molecule has 1 aliphatic heterocycles. The summed E-state index contributed by atoms with van der Waals surface area (Å²) in [6.45, 7) is 0.324. The zero-order chi connectivity index (χ0) is 18.0. The highest BCUT2D eigenvalue weighted by molar-refractivity contribution is 7.80. The second-order valence-corrected chi connectivity index (χ2v) is 6.83. The number of hydrogen-bond donors (Lipinski definition) is 2. The van der Waals surface area contributed by atoms with Crippen molar-refractivity contribution in [3.8, 4) is 0 Å². The molecule has 2 aromatic rings. The number of nitrogens with one attached hydrogen (secondary N) is 2. The number of carbonyl (C=O) groups is 1. The number of anilines is 2. The topological polar surface area (TPSA) is 44.4 Å². The van der Waals surface area contributed by atoms with E-state index in [0.717, 1.165) is 0 Å². The van der Waals surface area contributed by atoms with Gasteiger partial charge in [0.1, 0.15) is 5.82 Å². The van der Waals surface area contributed by atoms with Crippen LogP contribution in [0.4, 0.5) is 15.8 Å². The molecule has 0 saturated carbocycles. The van der Waals surface area contributed by atoms with Gasteiger partial charge in [0.2, 0.25) is 5.91 Å². The highest BCUT2D eigenvalue weighted by Crippen LogP contribution is 2.26. The van der Waals surface area contributed by atoms with Gasteiger partial charge in [0.25, 0.3) is 0 Å². The molecule has 3 rings (SSSR count). The average molecular weight is 398 g/mol. The lowest BCUT2D eigenvalue weighted by atomic mass is 10.2. The fraction of sp³-hybridized carbons (Fsp3) is 0.176. The van der Waals surface area contributed by atoms with Crippen molar-refractivity contribution in [1.29, 1.82) is 0 Å². The van der Waals surface area contributed by atoms with Gasteiger partial charge in [-0.2, -0.15) is 0 Å². The van der Waals surface area contributed by atoms with Crippen molar-refractivity contribution in [1.82, 2.24) is 5.32 Å². The number of para-hydroxylation sites is 1. The fourth-order valence-electron chi connectivity index (χ4n) is 2.64. The van der Waals surface area contributed by atoms with Crippen LogP contribution in [0.3, 0.4) is 0 Å². The Balaban J connectivity index is 1.64.